The first kappa shape index (κ1) is 11.9. The first-order valence-corrected chi connectivity index (χ1v) is 7.17. The van der Waals surface area contributed by atoms with Crippen LogP contribution in [0, 0.1) is 0 Å². The van der Waals surface area contributed by atoms with Crippen LogP contribution in [-0.4, -0.2) is 28.8 Å². The number of hydrogen-bond acceptors (Lipinski definition) is 1. The van der Waals surface area contributed by atoms with Crippen LogP contribution >= 0.6 is 22.6 Å². The highest BCUT2D eigenvalue weighted by atomic mass is 127. The Bertz CT molecular complexity index is 391. The smallest absolute Gasteiger partial charge is 0.253 e. The van der Waals surface area contributed by atoms with E-state index in [2.05, 4.69) is 28.7 Å². The van der Waals surface area contributed by atoms with E-state index in [0.717, 1.165) is 12.1 Å². The predicted molar refractivity (Wildman–Crippen MR) is 74.3 cm³/mol. The van der Waals surface area contributed by atoms with E-state index in [-0.39, 0.29) is 5.91 Å². The number of likely N-dealkylation sites (N-methyl/N-ethyl adjacent to an activating group) is 1. The molecule has 1 amide bonds. The summed E-state index contributed by atoms with van der Waals surface area (Å²) in [5.74, 6) is 0.690. The van der Waals surface area contributed by atoms with Crippen molar-refractivity contribution in [3.05, 3.63) is 35.4 Å². The highest BCUT2D eigenvalue weighted by molar-refractivity contribution is 14.1. The summed E-state index contributed by atoms with van der Waals surface area (Å²) < 4.78 is 1.19. The molecule has 0 saturated carbocycles. The van der Waals surface area contributed by atoms with Crippen LogP contribution in [-0.2, 0) is 0 Å². The maximum absolute atomic E-state index is 12.0. The zero-order valence-corrected chi connectivity index (χ0v) is 11.6. The number of amides is 1. The van der Waals surface area contributed by atoms with Crippen LogP contribution in [0.4, 0.5) is 0 Å². The summed E-state index contributed by atoms with van der Waals surface area (Å²) in [7, 11) is 1.90. The molecule has 3 heteroatoms. The average Bonchev–Trinajstić information content (AvgIpc) is 2.32. The summed E-state index contributed by atoms with van der Waals surface area (Å²) in [5, 5.41) is 0. The van der Waals surface area contributed by atoms with Gasteiger partial charge >= 0.3 is 0 Å². The van der Waals surface area contributed by atoms with Gasteiger partial charge in [0, 0.05) is 25.1 Å². The molecule has 1 aromatic rings. The molecule has 0 aliphatic carbocycles. The molecule has 0 radical (unpaired) electrons. The van der Waals surface area contributed by atoms with E-state index in [1.165, 1.54) is 22.8 Å². The van der Waals surface area contributed by atoms with Crippen molar-refractivity contribution in [3.63, 3.8) is 0 Å². The fourth-order valence-electron chi connectivity index (χ4n) is 2.34. The summed E-state index contributed by atoms with van der Waals surface area (Å²) in [6.45, 7) is 0.868. The second-order valence-electron chi connectivity index (χ2n) is 4.30. The molecule has 1 aliphatic rings. The van der Waals surface area contributed by atoms with Crippen molar-refractivity contribution in [2.45, 2.75) is 18.8 Å². The van der Waals surface area contributed by atoms with Gasteiger partial charge in [0.25, 0.3) is 5.91 Å². The van der Waals surface area contributed by atoms with E-state index in [4.69, 9.17) is 0 Å². The zero-order chi connectivity index (χ0) is 11.5. The minimum atomic E-state index is 0.168. The molecule has 1 aliphatic heterocycles. The zero-order valence-electron chi connectivity index (χ0n) is 9.45. The molecule has 0 unspecified atom stereocenters. The van der Waals surface area contributed by atoms with Gasteiger partial charge < -0.3 is 4.90 Å². The van der Waals surface area contributed by atoms with E-state index in [9.17, 15) is 4.79 Å². The second kappa shape index (κ2) is 5.17. The molecule has 1 heterocycles. The fraction of sp³-hybridized carbons (Fsp3) is 0.462. The van der Waals surface area contributed by atoms with Crippen molar-refractivity contribution < 1.29 is 4.79 Å². The van der Waals surface area contributed by atoms with Crippen molar-refractivity contribution >= 4 is 28.5 Å². The van der Waals surface area contributed by atoms with Crippen molar-refractivity contribution in [1.29, 1.82) is 0 Å². The lowest BCUT2D eigenvalue weighted by molar-refractivity contribution is 0.0763. The number of fused-ring (bicyclic) bond motifs is 1. The van der Waals surface area contributed by atoms with Gasteiger partial charge in [0.05, 0.1) is 0 Å². The molecule has 0 N–H and O–H groups in total. The molecule has 0 fully saturated rings. The van der Waals surface area contributed by atoms with Crippen LogP contribution in [0.1, 0.15) is 34.7 Å². The minimum Gasteiger partial charge on any atom is -0.341 e. The van der Waals surface area contributed by atoms with Crippen molar-refractivity contribution in [3.8, 4) is 0 Å². The number of rotatable bonds is 3. The Hall–Kier alpha value is -0.580. The Kier molecular flexibility index (Phi) is 3.84. The normalized spacial score (nSPS) is 19.8. The highest BCUT2D eigenvalue weighted by Crippen LogP contribution is 2.30. The van der Waals surface area contributed by atoms with Gasteiger partial charge in [-0.1, -0.05) is 40.8 Å². The Morgan fingerprint density at radius 3 is 2.94 bits per heavy atom. The molecule has 2 rings (SSSR count). The summed E-state index contributed by atoms with van der Waals surface area (Å²) >= 11 is 2.41. The standard InChI is InChI=1S/C13H16INO/c1-15-9-10(5-4-8-14)11-6-2-3-7-12(11)13(15)16/h2-3,6-7,10H,4-5,8-9H2,1H3/t10-/m1/s1. The summed E-state index contributed by atoms with van der Waals surface area (Å²) in [6.07, 6.45) is 2.40. The van der Waals surface area contributed by atoms with Gasteiger partial charge in [0.15, 0.2) is 0 Å². The molecule has 1 atom stereocenters. The van der Waals surface area contributed by atoms with E-state index in [0.29, 0.717) is 5.92 Å². The summed E-state index contributed by atoms with van der Waals surface area (Å²) in [6, 6.07) is 8.04. The third kappa shape index (κ3) is 2.24. The third-order valence-corrected chi connectivity index (χ3v) is 3.92. The minimum absolute atomic E-state index is 0.168. The topological polar surface area (TPSA) is 20.3 Å². The molecular formula is C13H16INO. The number of carbonyl (C=O) groups is 1. The van der Waals surface area contributed by atoms with E-state index in [1.807, 2.05) is 30.1 Å². The van der Waals surface area contributed by atoms with Gasteiger partial charge in [-0.25, -0.2) is 0 Å². The van der Waals surface area contributed by atoms with Gasteiger partial charge in [-0.2, -0.15) is 0 Å². The SMILES string of the molecule is CN1C[C@@H](CCCI)c2ccccc2C1=O. The lowest BCUT2D eigenvalue weighted by atomic mass is 9.87. The van der Waals surface area contributed by atoms with Gasteiger partial charge in [0.2, 0.25) is 0 Å². The Labute approximate surface area is 110 Å². The number of alkyl halides is 1. The average molecular weight is 329 g/mol. The van der Waals surface area contributed by atoms with Crippen LogP contribution < -0.4 is 0 Å². The molecule has 0 bridgehead atoms. The van der Waals surface area contributed by atoms with Crippen molar-refractivity contribution in [2.75, 3.05) is 18.0 Å². The highest BCUT2D eigenvalue weighted by Gasteiger charge is 2.27. The number of benzene rings is 1. The Morgan fingerprint density at radius 2 is 2.19 bits per heavy atom. The molecule has 0 saturated heterocycles. The van der Waals surface area contributed by atoms with Crippen molar-refractivity contribution in [1.82, 2.24) is 4.90 Å². The van der Waals surface area contributed by atoms with E-state index in [1.54, 1.807) is 0 Å². The van der Waals surface area contributed by atoms with Crippen LogP contribution in [0.2, 0.25) is 0 Å². The second-order valence-corrected chi connectivity index (χ2v) is 5.38. The van der Waals surface area contributed by atoms with E-state index >= 15 is 0 Å². The van der Waals surface area contributed by atoms with Gasteiger partial charge in [-0.3, -0.25) is 4.79 Å². The third-order valence-electron chi connectivity index (χ3n) is 3.16. The number of carbonyl (C=O) groups excluding carboxylic acids is 1. The quantitative estimate of drug-likeness (QED) is 0.616. The molecule has 1 aromatic carbocycles. The maximum atomic E-state index is 12.0. The largest absolute Gasteiger partial charge is 0.341 e. The fourth-order valence-corrected chi connectivity index (χ4v) is 2.78. The summed E-state index contributed by atoms with van der Waals surface area (Å²) in [5.41, 5.74) is 2.14. The van der Waals surface area contributed by atoms with Crippen LogP contribution in [0.3, 0.4) is 0 Å². The first-order valence-electron chi connectivity index (χ1n) is 5.64. The molecule has 0 aromatic heterocycles. The van der Waals surface area contributed by atoms with Gasteiger partial charge in [-0.15, -0.1) is 0 Å². The van der Waals surface area contributed by atoms with Gasteiger partial charge in [0.1, 0.15) is 0 Å². The lowest BCUT2D eigenvalue weighted by Crippen LogP contribution is -2.36. The molecule has 2 nitrogen and oxygen atoms in total. The van der Waals surface area contributed by atoms with Gasteiger partial charge in [-0.05, 0) is 28.9 Å². The van der Waals surface area contributed by atoms with E-state index < -0.39 is 0 Å². The van der Waals surface area contributed by atoms with Crippen LogP contribution in [0.25, 0.3) is 0 Å². The number of nitrogens with zero attached hydrogens (tertiary/aromatic N) is 1. The number of hydrogen-bond donors (Lipinski definition) is 0. The molecular weight excluding hydrogens is 313 g/mol. The molecule has 16 heavy (non-hydrogen) atoms. The maximum Gasteiger partial charge on any atom is 0.253 e. The molecule has 86 valence electrons. The van der Waals surface area contributed by atoms with Crippen LogP contribution in [0.15, 0.2) is 24.3 Å². The first-order chi connectivity index (χ1) is 7.74. The monoisotopic (exact) mass is 329 g/mol. The molecule has 0 spiro atoms. The summed E-state index contributed by atoms with van der Waals surface area (Å²) in [4.78, 5) is 13.8. The predicted octanol–water partition coefficient (Wildman–Crippen LogP) is 3.07. The lowest BCUT2D eigenvalue weighted by Gasteiger charge is -2.31. The van der Waals surface area contributed by atoms with Crippen molar-refractivity contribution in [2.24, 2.45) is 0 Å². The van der Waals surface area contributed by atoms with Crippen LogP contribution in [0.5, 0.6) is 0 Å². The Balaban J connectivity index is 2.29. The number of halogens is 1. The Morgan fingerprint density at radius 1 is 1.44 bits per heavy atom.